The molecule has 1 saturated carbocycles. The summed E-state index contributed by atoms with van der Waals surface area (Å²) in [6.07, 6.45) is 4.65. The summed E-state index contributed by atoms with van der Waals surface area (Å²) in [6.45, 7) is 6.14. The predicted molar refractivity (Wildman–Crippen MR) is 85.5 cm³/mol. The molecule has 2 atom stereocenters. The molecule has 4 heteroatoms. The highest BCUT2D eigenvalue weighted by molar-refractivity contribution is 5.95. The van der Waals surface area contributed by atoms with Crippen LogP contribution in [0.3, 0.4) is 0 Å². The van der Waals surface area contributed by atoms with Crippen molar-refractivity contribution in [2.75, 3.05) is 5.73 Å². The Kier molecular flexibility index (Phi) is 5.10. The fourth-order valence-electron chi connectivity index (χ4n) is 2.88. The van der Waals surface area contributed by atoms with E-state index in [4.69, 9.17) is 10.5 Å². The second kappa shape index (κ2) is 6.83. The molecule has 4 nitrogen and oxygen atoms in total. The third-order valence-corrected chi connectivity index (χ3v) is 3.91. The maximum atomic E-state index is 12.3. The van der Waals surface area contributed by atoms with Crippen LogP contribution in [0.2, 0.25) is 0 Å². The lowest BCUT2D eigenvalue weighted by molar-refractivity contribution is 0.0921. The molecule has 1 amide bonds. The molecule has 21 heavy (non-hydrogen) atoms. The lowest BCUT2D eigenvalue weighted by atomic mass is 9.87. The number of benzene rings is 1. The zero-order chi connectivity index (χ0) is 15.4. The summed E-state index contributed by atoms with van der Waals surface area (Å²) in [5.41, 5.74) is 7.06. The van der Waals surface area contributed by atoms with Crippen molar-refractivity contribution in [3.63, 3.8) is 0 Å². The van der Waals surface area contributed by atoms with Gasteiger partial charge in [0.15, 0.2) is 0 Å². The van der Waals surface area contributed by atoms with Gasteiger partial charge in [-0.15, -0.1) is 0 Å². The van der Waals surface area contributed by atoms with Crippen molar-refractivity contribution in [1.29, 1.82) is 0 Å². The van der Waals surface area contributed by atoms with Crippen LogP contribution in [0.4, 0.5) is 5.69 Å². The van der Waals surface area contributed by atoms with Crippen molar-refractivity contribution >= 4 is 11.6 Å². The Labute approximate surface area is 127 Å². The molecule has 0 saturated heterocycles. The number of carbonyl (C=O) groups is 1. The molecule has 0 heterocycles. The first-order valence-electron chi connectivity index (χ1n) is 7.82. The Morgan fingerprint density at radius 1 is 1.38 bits per heavy atom. The molecule has 0 aliphatic heterocycles. The van der Waals surface area contributed by atoms with Gasteiger partial charge in [-0.25, -0.2) is 0 Å². The van der Waals surface area contributed by atoms with E-state index in [-0.39, 0.29) is 18.1 Å². The van der Waals surface area contributed by atoms with Gasteiger partial charge in [-0.05, 0) is 50.8 Å². The largest absolute Gasteiger partial charge is 0.489 e. The predicted octanol–water partition coefficient (Wildman–Crippen LogP) is 3.36. The first-order chi connectivity index (χ1) is 9.95. The Balaban J connectivity index is 2.00. The zero-order valence-corrected chi connectivity index (χ0v) is 13.2. The highest BCUT2D eigenvalue weighted by atomic mass is 16.5. The Bertz CT molecular complexity index is 500. The molecule has 0 aromatic heterocycles. The van der Waals surface area contributed by atoms with Crippen LogP contribution < -0.4 is 15.8 Å². The van der Waals surface area contributed by atoms with Crippen LogP contribution in [0.25, 0.3) is 0 Å². The number of hydrogen-bond acceptors (Lipinski definition) is 3. The third kappa shape index (κ3) is 4.38. The zero-order valence-electron chi connectivity index (χ0n) is 13.2. The number of amides is 1. The molecule has 1 aromatic carbocycles. The van der Waals surface area contributed by atoms with E-state index in [1.165, 1.54) is 12.8 Å². The standard InChI is InChI=1S/C17H26N2O2/c1-11(2)21-16-8-7-13(10-15(16)18)17(20)19-14-6-4-5-12(3)9-14/h7-8,10-12,14H,4-6,9,18H2,1-3H3,(H,19,20). The molecule has 0 radical (unpaired) electrons. The number of rotatable bonds is 4. The van der Waals surface area contributed by atoms with Gasteiger partial charge in [-0.3, -0.25) is 4.79 Å². The molecule has 2 rings (SSSR count). The average Bonchev–Trinajstić information content (AvgIpc) is 2.40. The Morgan fingerprint density at radius 2 is 2.14 bits per heavy atom. The minimum absolute atomic E-state index is 0.0445. The van der Waals surface area contributed by atoms with Crippen molar-refractivity contribution in [3.8, 4) is 5.75 Å². The number of nitrogens with two attached hydrogens (primary N) is 1. The van der Waals surface area contributed by atoms with Crippen LogP contribution in [0.1, 0.15) is 56.8 Å². The average molecular weight is 290 g/mol. The summed E-state index contributed by atoms with van der Waals surface area (Å²) in [4.78, 5) is 12.3. The van der Waals surface area contributed by atoms with Crippen LogP contribution in [-0.2, 0) is 0 Å². The number of carbonyl (C=O) groups excluding carboxylic acids is 1. The first kappa shape index (κ1) is 15.7. The van der Waals surface area contributed by atoms with E-state index in [9.17, 15) is 4.79 Å². The van der Waals surface area contributed by atoms with Gasteiger partial charge >= 0.3 is 0 Å². The van der Waals surface area contributed by atoms with Crippen molar-refractivity contribution < 1.29 is 9.53 Å². The van der Waals surface area contributed by atoms with Crippen LogP contribution in [0.5, 0.6) is 5.75 Å². The van der Waals surface area contributed by atoms with Gasteiger partial charge in [0, 0.05) is 11.6 Å². The molecule has 116 valence electrons. The molecule has 1 aromatic rings. The maximum absolute atomic E-state index is 12.3. The fourth-order valence-corrected chi connectivity index (χ4v) is 2.88. The Hall–Kier alpha value is -1.71. The normalized spacial score (nSPS) is 22.1. The van der Waals surface area contributed by atoms with Gasteiger partial charge in [0.2, 0.25) is 0 Å². The van der Waals surface area contributed by atoms with E-state index < -0.39 is 0 Å². The van der Waals surface area contributed by atoms with Crippen LogP contribution in [-0.4, -0.2) is 18.1 Å². The van der Waals surface area contributed by atoms with Crippen molar-refractivity contribution in [2.24, 2.45) is 5.92 Å². The van der Waals surface area contributed by atoms with E-state index in [1.54, 1.807) is 18.2 Å². The topological polar surface area (TPSA) is 64.3 Å². The molecule has 1 aliphatic rings. The molecule has 3 N–H and O–H groups in total. The van der Waals surface area contributed by atoms with Crippen molar-refractivity contribution in [2.45, 2.75) is 58.6 Å². The second-order valence-electron chi connectivity index (χ2n) is 6.36. The molecular weight excluding hydrogens is 264 g/mol. The summed E-state index contributed by atoms with van der Waals surface area (Å²) in [5, 5.41) is 3.12. The molecule has 0 bridgehead atoms. The molecule has 1 aliphatic carbocycles. The quantitative estimate of drug-likeness (QED) is 0.836. The van der Waals surface area contributed by atoms with E-state index in [0.29, 0.717) is 22.9 Å². The van der Waals surface area contributed by atoms with Crippen LogP contribution in [0, 0.1) is 5.92 Å². The summed E-state index contributed by atoms with van der Waals surface area (Å²) >= 11 is 0. The monoisotopic (exact) mass is 290 g/mol. The number of nitrogens with one attached hydrogen (secondary N) is 1. The maximum Gasteiger partial charge on any atom is 0.251 e. The van der Waals surface area contributed by atoms with Gasteiger partial charge in [0.1, 0.15) is 5.75 Å². The van der Waals surface area contributed by atoms with Crippen molar-refractivity contribution in [1.82, 2.24) is 5.32 Å². The smallest absolute Gasteiger partial charge is 0.251 e. The lowest BCUT2D eigenvalue weighted by Crippen LogP contribution is -2.38. The van der Waals surface area contributed by atoms with Crippen LogP contribution in [0.15, 0.2) is 18.2 Å². The number of hydrogen-bond donors (Lipinski definition) is 2. The lowest BCUT2D eigenvalue weighted by Gasteiger charge is -2.27. The van der Waals surface area contributed by atoms with Crippen molar-refractivity contribution in [3.05, 3.63) is 23.8 Å². The Morgan fingerprint density at radius 3 is 2.76 bits per heavy atom. The summed E-state index contributed by atoms with van der Waals surface area (Å²) < 4.78 is 5.59. The third-order valence-electron chi connectivity index (χ3n) is 3.91. The fraction of sp³-hybridized carbons (Fsp3) is 0.588. The second-order valence-corrected chi connectivity index (χ2v) is 6.36. The number of nitrogen functional groups attached to an aromatic ring is 1. The van der Waals surface area contributed by atoms with Crippen LogP contribution >= 0.6 is 0 Å². The molecule has 0 spiro atoms. The molecular formula is C17H26N2O2. The van der Waals surface area contributed by atoms with Gasteiger partial charge in [0.25, 0.3) is 5.91 Å². The van der Waals surface area contributed by atoms with Gasteiger partial charge in [0.05, 0.1) is 11.8 Å². The molecule has 1 fully saturated rings. The minimum Gasteiger partial charge on any atom is -0.489 e. The van der Waals surface area contributed by atoms with Gasteiger partial charge in [-0.1, -0.05) is 19.8 Å². The number of anilines is 1. The van der Waals surface area contributed by atoms with E-state index in [1.807, 2.05) is 13.8 Å². The highest BCUT2D eigenvalue weighted by Gasteiger charge is 2.21. The number of ether oxygens (including phenoxy) is 1. The summed E-state index contributed by atoms with van der Waals surface area (Å²) in [7, 11) is 0. The van der Waals surface area contributed by atoms with Gasteiger partial charge in [-0.2, -0.15) is 0 Å². The summed E-state index contributed by atoms with van der Waals surface area (Å²) in [5.74, 6) is 1.28. The van der Waals surface area contributed by atoms with Gasteiger partial charge < -0.3 is 15.8 Å². The van der Waals surface area contributed by atoms with E-state index in [2.05, 4.69) is 12.2 Å². The first-order valence-corrected chi connectivity index (χ1v) is 7.82. The highest BCUT2D eigenvalue weighted by Crippen LogP contribution is 2.25. The SMILES string of the molecule is CC1CCCC(NC(=O)c2ccc(OC(C)C)c(N)c2)C1. The van der Waals surface area contributed by atoms with E-state index >= 15 is 0 Å². The molecule has 2 unspecified atom stereocenters. The summed E-state index contributed by atoms with van der Waals surface area (Å²) in [6, 6.07) is 5.52. The minimum atomic E-state index is -0.0445. The van der Waals surface area contributed by atoms with E-state index in [0.717, 1.165) is 12.8 Å².